The Hall–Kier alpha value is -1.64. The van der Waals surface area contributed by atoms with Crippen LogP contribution in [0.3, 0.4) is 0 Å². The van der Waals surface area contributed by atoms with Gasteiger partial charge < -0.3 is 5.32 Å². The van der Waals surface area contributed by atoms with Crippen molar-refractivity contribution in [2.45, 2.75) is 25.7 Å². The number of rotatable bonds is 4. The van der Waals surface area contributed by atoms with E-state index in [0.29, 0.717) is 18.5 Å². The third-order valence-electron chi connectivity index (χ3n) is 3.29. The van der Waals surface area contributed by atoms with Crippen molar-refractivity contribution in [1.82, 2.24) is 5.32 Å². The van der Waals surface area contributed by atoms with E-state index in [1.54, 1.807) is 12.1 Å². The Morgan fingerprint density at radius 3 is 2.89 bits per heavy atom. The Bertz CT molecular complexity index is 442. The van der Waals surface area contributed by atoms with Crippen molar-refractivity contribution in [3.05, 3.63) is 47.8 Å². The summed E-state index contributed by atoms with van der Waals surface area (Å²) in [4.78, 5) is 11.8. The van der Waals surface area contributed by atoms with Crippen LogP contribution in [0, 0.1) is 11.7 Å². The van der Waals surface area contributed by atoms with Crippen LogP contribution in [0.5, 0.6) is 0 Å². The molecule has 0 unspecified atom stereocenters. The van der Waals surface area contributed by atoms with Crippen molar-refractivity contribution in [2.75, 3.05) is 6.54 Å². The molecule has 1 aliphatic carbocycles. The van der Waals surface area contributed by atoms with Gasteiger partial charge in [0.15, 0.2) is 0 Å². The van der Waals surface area contributed by atoms with E-state index in [1.807, 2.05) is 6.07 Å². The number of carbonyl (C=O) groups is 1. The number of nitrogens with one attached hydrogen (secondary N) is 1. The lowest BCUT2D eigenvalue weighted by Gasteiger charge is -2.17. The molecule has 0 saturated heterocycles. The standard InChI is InChI=1S/C15H18FNO/c16-14-9-5-4-6-12(14)10-11-17-15(18)13-7-2-1-3-8-13/h1-2,4-6,9,13H,3,7-8,10-11H2,(H,17,18)/t13-/m0/s1. The zero-order valence-electron chi connectivity index (χ0n) is 10.4. The van der Waals surface area contributed by atoms with E-state index >= 15 is 0 Å². The van der Waals surface area contributed by atoms with Gasteiger partial charge in [0.05, 0.1) is 0 Å². The summed E-state index contributed by atoms with van der Waals surface area (Å²) in [6.07, 6.45) is 7.44. The number of carbonyl (C=O) groups excluding carboxylic acids is 1. The minimum absolute atomic E-state index is 0.0932. The molecule has 0 radical (unpaired) electrons. The van der Waals surface area contributed by atoms with Crippen LogP contribution >= 0.6 is 0 Å². The number of hydrogen-bond acceptors (Lipinski definition) is 1. The third kappa shape index (κ3) is 3.42. The molecule has 1 aromatic rings. The number of amides is 1. The molecule has 2 nitrogen and oxygen atoms in total. The van der Waals surface area contributed by atoms with Crippen molar-refractivity contribution in [3.63, 3.8) is 0 Å². The quantitative estimate of drug-likeness (QED) is 0.814. The van der Waals surface area contributed by atoms with Gasteiger partial charge >= 0.3 is 0 Å². The monoisotopic (exact) mass is 247 g/mol. The lowest BCUT2D eigenvalue weighted by Crippen LogP contribution is -2.32. The first-order valence-corrected chi connectivity index (χ1v) is 6.43. The van der Waals surface area contributed by atoms with Gasteiger partial charge in [-0.05, 0) is 37.3 Å². The molecule has 1 N–H and O–H groups in total. The van der Waals surface area contributed by atoms with Crippen molar-refractivity contribution in [1.29, 1.82) is 0 Å². The van der Waals surface area contributed by atoms with Crippen LogP contribution in [0.2, 0.25) is 0 Å². The maximum absolute atomic E-state index is 13.3. The van der Waals surface area contributed by atoms with Crippen LogP contribution in [0.25, 0.3) is 0 Å². The Labute approximate surface area is 107 Å². The van der Waals surface area contributed by atoms with Gasteiger partial charge in [-0.15, -0.1) is 0 Å². The highest BCUT2D eigenvalue weighted by molar-refractivity contribution is 5.78. The zero-order valence-corrected chi connectivity index (χ0v) is 10.4. The SMILES string of the molecule is O=C(NCCc1ccccc1F)[C@H]1CC=CCC1. The predicted octanol–water partition coefficient (Wildman–Crippen LogP) is 2.84. The molecule has 0 saturated carbocycles. The maximum Gasteiger partial charge on any atom is 0.223 e. The van der Waals surface area contributed by atoms with Crippen molar-refractivity contribution in [2.24, 2.45) is 5.92 Å². The predicted molar refractivity (Wildman–Crippen MR) is 69.6 cm³/mol. The summed E-state index contributed by atoms with van der Waals surface area (Å²) in [6.45, 7) is 0.500. The van der Waals surface area contributed by atoms with E-state index in [-0.39, 0.29) is 17.6 Å². The molecule has 2 rings (SSSR count). The molecule has 1 aromatic carbocycles. The molecule has 1 amide bonds. The van der Waals surface area contributed by atoms with E-state index in [1.165, 1.54) is 6.07 Å². The van der Waals surface area contributed by atoms with E-state index in [4.69, 9.17) is 0 Å². The second kappa shape index (κ2) is 6.34. The van der Waals surface area contributed by atoms with Crippen LogP contribution in [0.4, 0.5) is 4.39 Å². The molecule has 96 valence electrons. The van der Waals surface area contributed by atoms with Crippen molar-refractivity contribution >= 4 is 5.91 Å². The lowest BCUT2D eigenvalue weighted by atomic mass is 9.93. The first-order valence-electron chi connectivity index (χ1n) is 6.43. The Kier molecular flexibility index (Phi) is 4.51. The molecule has 0 fully saturated rings. The molecule has 1 aliphatic rings. The van der Waals surface area contributed by atoms with Gasteiger partial charge in [-0.2, -0.15) is 0 Å². The summed E-state index contributed by atoms with van der Waals surface area (Å²) < 4.78 is 13.3. The van der Waals surface area contributed by atoms with Crippen LogP contribution in [0.1, 0.15) is 24.8 Å². The number of benzene rings is 1. The minimum Gasteiger partial charge on any atom is -0.356 e. The molecule has 18 heavy (non-hydrogen) atoms. The average Bonchev–Trinajstić information content (AvgIpc) is 2.42. The Morgan fingerprint density at radius 1 is 1.33 bits per heavy atom. The fraction of sp³-hybridized carbons (Fsp3) is 0.400. The highest BCUT2D eigenvalue weighted by Crippen LogP contribution is 2.17. The molecular weight excluding hydrogens is 229 g/mol. The third-order valence-corrected chi connectivity index (χ3v) is 3.29. The van der Waals surface area contributed by atoms with Crippen molar-refractivity contribution in [3.8, 4) is 0 Å². The van der Waals surface area contributed by atoms with Crippen LogP contribution in [-0.4, -0.2) is 12.5 Å². The Morgan fingerprint density at radius 2 is 2.17 bits per heavy atom. The molecule has 3 heteroatoms. The fourth-order valence-corrected chi connectivity index (χ4v) is 2.20. The smallest absolute Gasteiger partial charge is 0.223 e. The summed E-state index contributed by atoms with van der Waals surface area (Å²) in [5.41, 5.74) is 0.654. The molecule has 0 aliphatic heterocycles. The molecule has 0 aromatic heterocycles. The van der Waals surface area contributed by atoms with Gasteiger partial charge in [0.2, 0.25) is 5.91 Å². The number of hydrogen-bond donors (Lipinski definition) is 1. The van der Waals surface area contributed by atoms with Gasteiger partial charge in [-0.3, -0.25) is 4.79 Å². The molecule has 0 bridgehead atoms. The van der Waals surface area contributed by atoms with E-state index in [0.717, 1.165) is 19.3 Å². The van der Waals surface area contributed by atoms with Gasteiger partial charge in [-0.25, -0.2) is 4.39 Å². The van der Waals surface area contributed by atoms with Gasteiger partial charge in [0, 0.05) is 12.5 Å². The lowest BCUT2D eigenvalue weighted by molar-refractivity contribution is -0.125. The normalized spacial score (nSPS) is 18.6. The van der Waals surface area contributed by atoms with E-state index in [9.17, 15) is 9.18 Å². The second-order valence-corrected chi connectivity index (χ2v) is 4.61. The summed E-state index contributed by atoms with van der Waals surface area (Å²) in [6, 6.07) is 6.69. The molecule has 1 atom stereocenters. The molecule has 0 heterocycles. The molecule has 0 spiro atoms. The minimum atomic E-state index is -0.202. The summed E-state index contributed by atoms with van der Waals surface area (Å²) in [5.74, 6) is -0.0151. The molecular formula is C15H18FNO. The van der Waals surface area contributed by atoms with Crippen LogP contribution in [-0.2, 0) is 11.2 Å². The zero-order chi connectivity index (χ0) is 12.8. The van der Waals surface area contributed by atoms with Gasteiger partial charge in [0.25, 0.3) is 0 Å². The topological polar surface area (TPSA) is 29.1 Å². The van der Waals surface area contributed by atoms with E-state index in [2.05, 4.69) is 17.5 Å². The summed E-state index contributed by atoms with van der Waals surface area (Å²) in [5, 5.41) is 2.89. The Balaban J connectivity index is 1.77. The van der Waals surface area contributed by atoms with Crippen LogP contribution in [0.15, 0.2) is 36.4 Å². The summed E-state index contributed by atoms with van der Waals surface area (Å²) in [7, 11) is 0. The van der Waals surface area contributed by atoms with Gasteiger partial charge in [-0.1, -0.05) is 30.4 Å². The fourth-order valence-electron chi connectivity index (χ4n) is 2.20. The highest BCUT2D eigenvalue weighted by Gasteiger charge is 2.17. The van der Waals surface area contributed by atoms with E-state index < -0.39 is 0 Å². The summed E-state index contributed by atoms with van der Waals surface area (Å²) >= 11 is 0. The number of allylic oxidation sites excluding steroid dienone is 2. The first kappa shape index (κ1) is 12.8. The largest absolute Gasteiger partial charge is 0.356 e. The highest BCUT2D eigenvalue weighted by atomic mass is 19.1. The second-order valence-electron chi connectivity index (χ2n) is 4.61. The number of halogens is 1. The van der Waals surface area contributed by atoms with Gasteiger partial charge in [0.1, 0.15) is 5.82 Å². The van der Waals surface area contributed by atoms with Crippen LogP contribution < -0.4 is 5.32 Å². The first-order chi connectivity index (χ1) is 8.77. The van der Waals surface area contributed by atoms with Crippen molar-refractivity contribution < 1.29 is 9.18 Å². The average molecular weight is 247 g/mol. The maximum atomic E-state index is 13.3.